The molecule has 4 heterocycles. The van der Waals surface area contributed by atoms with Crippen molar-refractivity contribution in [3.05, 3.63) is 94.7 Å². The van der Waals surface area contributed by atoms with E-state index < -0.39 is 17.3 Å². The van der Waals surface area contributed by atoms with E-state index in [-0.39, 0.29) is 30.4 Å². The second-order valence-corrected chi connectivity index (χ2v) is 9.01. The Morgan fingerprint density at radius 1 is 0.971 bits per heavy atom. The van der Waals surface area contributed by atoms with Crippen molar-refractivity contribution in [2.24, 2.45) is 0 Å². The Hall–Kier alpha value is -4.27. The Morgan fingerprint density at radius 2 is 1.74 bits per heavy atom. The van der Waals surface area contributed by atoms with Crippen molar-refractivity contribution in [2.75, 3.05) is 12.3 Å². The summed E-state index contributed by atoms with van der Waals surface area (Å²) in [6.07, 6.45) is 0.364. The number of carbonyl (C=O) groups is 2. The number of nitrogens with two attached hydrogens (primary N) is 1. The fourth-order valence-electron chi connectivity index (χ4n) is 5.29. The third-order valence-corrected chi connectivity index (χ3v) is 6.92. The van der Waals surface area contributed by atoms with Gasteiger partial charge in [0.05, 0.1) is 6.54 Å². The van der Waals surface area contributed by atoms with Gasteiger partial charge in [-0.15, -0.1) is 0 Å². The van der Waals surface area contributed by atoms with Crippen LogP contribution in [-0.2, 0) is 23.4 Å². The molecule has 1 saturated heterocycles. The molecule has 176 valence electrons. The van der Waals surface area contributed by atoms with Gasteiger partial charge in [-0.2, -0.15) is 0 Å². The molecular weight excluding hydrogens is 452 g/mol. The molecule has 1 fully saturated rings. The van der Waals surface area contributed by atoms with E-state index in [4.69, 9.17) is 5.73 Å². The van der Waals surface area contributed by atoms with Crippen LogP contribution in [0.5, 0.6) is 0 Å². The maximum absolute atomic E-state index is 14.1. The maximum Gasteiger partial charge on any atom is 0.255 e. The fraction of sp³-hybridized carbons (Fsp3) is 0.192. The van der Waals surface area contributed by atoms with Crippen LogP contribution in [0.3, 0.4) is 0 Å². The van der Waals surface area contributed by atoms with E-state index >= 15 is 0 Å². The molecule has 2 aliphatic heterocycles. The molecule has 0 radical (unpaired) electrons. The average molecular weight is 473 g/mol. The first-order valence-corrected chi connectivity index (χ1v) is 11.2. The summed E-state index contributed by atoms with van der Waals surface area (Å²) in [5, 5.41) is 0.828. The largest absolute Gasteiger partial charge is 0.384 e. The molecule has 2 aromatic carbocycles. The standard InChI is InChI=1S/C26H21F2N5O2/c27-17-4-1-15(2-5-17)13-32-10-9-26(25(32)35)21-7-6-18(28)12-20(21)24(34)33(26)14-19-11-16-3-8-22(29)31-23(16)30-19/h1-8,11-12H,9-10,13-14H2,(H3,29,30,31)/t26-/m0/s1. The van der Waals surface area contributed by atoms with Gasteiger partial charge in [0, 0.05) is 41.7 Å². The number of nitrogen functional groups attached to an aromatic ring is 1. The van der Waals surface area contributed by atoms with Crippen molar-refractivity contribution >= 4 is 28.7 Å². The Labute approximate surface area is 199 Å². The van der Waals surface area contributed by atoms with E-state index in [1.807, 2.05) is 12.1 Å². The van der Waals surface area contributed by atoms with Crippen molar-refractivity contribution in [3.63, 3.8) is 0 Å². The number of pyridine rings is 1. The number of benzene rings is 2. The summed E-state index contributed by atoms with van der Waals surface area (Å²) < 4.78 is 27.5. The lowest BCUT2D eigenvalue weighted by Crippen LogP contribution is -2.49. The summed E-state index contributed by atoms with van der Waals surface area (Å²) in [5.41, 5.74) is 7.30. The predicted octanol–water partition coefficient (Wildman–Crippen LogP) is 3.71. The number of nitrogens with zero attached hydrogens (tertiary/aromatic N) is 3. The lowest BCUT2D eigenvalue weighted by molar-refractivity contribution is -0.137. The van der Waals surface area contributed by atoms with Crippen LogP contribution in [0.2, 0.25) is 0 Å². The second kappa shape index (κ2) is 7.63. The zero-order valence-electron chi connectivity index (χ0n) is 18.6. The fourth-order valence-corrected chi connectivity index (χ4v) is 5.29. The van der Waals surface area contributed by atoms with Gasteiger partial charge in [0.1, 0.15) is 28.6 Å². The Balaban J connectivity index is 1.39. The molecule has 0 bridgehead atoms. The molecule has 9 heteroatoms. The Bertz CT molecular complexity index is 1500. The first-order valence-electron chi connectivity index (χ1n) is 11.2. The van der Waals surface area contributed by atoms with E-state index in [2.05, 4.69) is 9.97 Å². The molecule has 0 saturated carbocycles. The number of fused-ring (bicyclic) bond motifs is 3. The number of likely N-dealkylation sites (tertiary alicyclic amines) is 1. The summed E-state index contributed by atoms with van der Waals surface area (Å²) in [6, 6.07) is 15.4. The summed E-state index contributed by atoms with van der Waals surface area (Å²) in [6.45, 7) is 0.804. The number of aromatic nitrogens is 2. The molecule has 2 aliphatic rings. The molecule has 0 aliphatic carbocycles. The minimum Gasteiger partial charge on any atom is -0.384 e. The predicted molar refractivity (Wildman–Crippen MR) is 125 cm³/mol. The number of nitrogens with one attached hydrogen (secondary N) is 1. The quantitative estimate of drug-likeness (QED) is 0.473. The van der Waals surface area contributed by atoms with E-state index in [1.165, 1.54) is 35.2 Å². The van der Waals surface area contributed by atoms with Crippen molar-refractivity contribution in [1.29, 1.82) is 0 Å². The summed E-state index contributed by atoms with van der Waals surface area (Å²) in [7, 11) is 0. The Morgan fingerprint density at radius 3 is 2.54 bits per heavy atom. The van der Waals surface area contributed by atoms with Crippen LogP contribution in [-0.4, -0.2) is 38.1 Å². The van der Waals surface area contributed by atoms with Gasteiger partial charge in [-0.1, -0.05) is 18.2 Å². The van der Waals surface area contributed by atoms with Gasteiger partial charge >= 0.3 is 0 Å². The normalized spacial score (nSPS) is 19.4. The summed E-state index contributed by atoms with van der Waals surface area (Å²) in [5.74, 6) is -1.16. The van der Waals surface area contributed by atoms with Gasteiger partial charge in [0.25, 0.3) is 11.8 Å². The van der Waals surface area contributed by atoms with E-state index in [9.17, 15) is 18.4 Å². The van der Waals surface area contributed by atoms with E-state index in [0.717, 1.165) is 10.9 Å². The molecule has 1 atom stereocenters. The van der Waals surface area contributed by atoms with Crippen molar-refractivity contribution in [1.82, 2.24) is 19.8 Å². The van der Waals surface area contributed by atoms with Crippen LogP contribution in [0.25, 0.3) is 11.0 Å². The summed E-state index contributed by atoms with van der Waals surface area (Å²) >= 11 is 0. The molecule has 1 spiro atoms. The molecule has 6 rings (SSSR count). The zero-order chi connectivity index (χ0) is 24.3. The molecule has 2 amide bonds. The third-order valence-electron chi connectivity index (χ3n) is 6.92. The maximum atomic E-state index is 14.1. The van der Waals surface area contributed by atoms with Crippen LogP contribution in [0.4, 0.5) is 14.6 Å². The number of rotatable bonds is 4. The molecule has 2 aromatic heterocycles. The van der Waals surface area contributed by atoms with E-state index in [1.54, 1.807) is 23.1 Å². The highest BCUT2D eigenvalue weighted by molar-refractivity contribution is 6.07. The Kier molecular flexibility index (Phi) is 4.64. The van der Waals surface area contributed by atoms with E-state index in [0.29, 0.717) is 35.7 Å². The minimum atomic E-state index is -1.25. The molecule has 0 unspecified atom stereocenters. The second-order valence-electron chi connectivity index (χ2n) is 9.01. The van der Waals surface area contributed by atoms with Crippen molar-refractivity contribution < 1.29 is 18.4 Å². The lowest BCUT2D eigenvalue weighted by atomic mass is 9.87. The van der Waals surface area contributed by atoms with Gasteiger partial charge in [-0.25, -0.2) is 13.8 Å². The first-order chi connectivity index (χ1) is 16.8. The van der Waals surface area contributed by atoms with Gasteiger partial charge in [0.2, 0.25) is 0 Å². The van der Waals surface area contributed by atoms with Crippen molar-refractivity contribution in [2.45, 2.75) is 25.0 Å². The molecule has 3 N–H and O–H groups in total. The average Bonchev–Trinajstić information content (AvgIpc) is 3.45. The number of hydrogen-bond donors (Lipinski definition) is 2. The summed E-state index contributed by atoms with van der Waals surface area (Å²) in [4.78, 5) is 38.1. The first kappa shape index (κ1) is 21.3. The monoisotopic (exact) mass is 473 g/mol. The number of halogens is 2. The lowest BCUT2D eigenvalue weighted by Gasteiger charge is -2.34. The van der Waals surface area contributed by atoms with Crippen LogP contribution in [0.1, 0.15) is 33.6 Å². The van der Waals surface area contributed by atoms with Gasteiger partial charge < -0.3 is 20.5 Å². The molecule has 35 heavy (non-hydrogen) atoms. The van der Waals surface area contributed by atoms with Crippen LogP contribution in [0, 0.1) is 11.6 Å². The number of hydrogen-bond acceptors (Lipinski definition) is 4. The number of H-pyrrole nitrogens is 1. The highest BCUT2D eigenvalue weighted by Gasteiger charge is 2.59. The van der Waals surface area contributed by atoms with Crippen LogP contribution >= 0.6 is 0 Å². The number of amides is 2. The van der Waals surface area contributed by atoms with Crippen molar-refractivity contribution in [3.8, 4) is 0 Å². The molecule has 4 aromatic rings. The van der Waals surface area contributed by atoms with Gasteiger partial charge in [0.15, 0.2) is 0 Å². The van der Waals surface area contributed by atoms with Gasteiger partial charge in [-0.3, -0.25) is 9.59 Å². The minimum absolute atomic E-state index is 0.113. The molecule has 7 nitrogen and oxygen atoms in total. The topological polar surface area (TPSA) is 95.3 Å². The highest BCUT2D eigenvalue weighted by atomic mass is 19.1. The van der Waals surface area contributed by atoms with Gasteiger partial charge in [-0.05, 0) is 48.0 Å². The van der Waals surface area contributed by atoms with Crippen LogP contribution < -0.4 is 5.73 Å². The smallest absolute Gasteiger partial charge is 0.255 e. The van der Waals surface area contributed by atoms with Crippen LogP contribution in [0.15, 0.2) is 60.7 Å². The number of anilines is 1. The third kappa shape index (κ3) is 3.26. The zero-order valence-corrected chi connectivity index (χ0v) is 18.6. The number of aromatic amines is 1. The number of carbonyl (C=O) groups excluding carboxylic acids is 2. The highest BCUT2D eigenvalue weighted by Crippen LogP contribution is 2.47. The molecular formula is C26H21F2N5O2. The SMILES string of the molecule is Nc1ccc2cc(CN3C(=O)c4cc(F)ccc4[C@]34CCN(Cc3ccc(F)cc3)C4=O)[nH]c2n1.